The number of nitrogens with one attached hydrogen (secondary N) is 1. The predicted octanol–water partition coefficient (Wildman–Crippen LogP) is 1.57. The van der Waals surface area contributed by atoms with Crippen LogP contribution in [-0.4, -0.2) is 25.8 Å². The van der Waals surface area contributed by atoms with Crippen molar-refractivity contribution in [2.75, 3.05) is 16.8 Å². The number of aryl methyl sites for hydroxylation is 2. The number of hydrogen-bond donors (Lipinski definition) is 1. The van der Waals surface area contributed by atoms with E-state index in [1.807, 2.05) is 26.0 Å². The number of nitriles is 1. The van der Waals surface area contributed by atoms with Gasteiger partial charge in [0, 0.05) is 12.1 Å². The summed E-state index contributed by atoms with van der Waals surface area (Å²) in [6.45, 7) is 3.78. The Kier molecular flexibility index (Phi) is 5.07. The molecule has 1 aromatic carbocycles. The number of hydrogen-bond acceptors (Lipinski definition) is 4. The Hall–Kier alpha value is -1.87. The molecule has 0 atom stereocenters. The van der Waals surface area contributed by atoms with Gasteiger partial charge in [-0.25, -0.2) is 8.42 Å². The first kappa shape index (κ1) is 15.2. The van der Waals surface area contributed by atoms with E-state index in [1.165, 1.54) is 0 Å². The van der Waals surface area contributed by atoms with Crippen LogP contribution in [0.15, 0.2) is 18.2 Å². The summed E-state index contributed by atoms with van der Waals surface area (Å²) in [7, 11) is -3.52. The van der Waals surface area contributed by atoms with Crippen molar-refractivity contribution < 1.29 is 13.2 Å². The van der Waals surface area contributed by atoms with Crippen LogP contribution in [0.2, 0.25) is 0 Å². The highest BCUT2D eigenvalue weighted by Crippen LogP contribution is 2.16. The van der Waals surface area contributed by atoms with Crippen LogP contribution in [0.25, 0.3) is 0 Å². The molecule has 0 aromatic heterocycles. The number of rotatable bonds is 5. The number of sulfone groups is 1. The first-order valence-corrected chi connectivity index (χ1v) is 7.60. The van der Waals surface area contributed by atoms with Crippen LogP contribution in [0.5, 0.6) is 0 Å². The van der Waals surface area contributed by atoms with Crippen molar-refractivity contribution in [2.24, 2.45) is 0 Å². The van der Waals surface area contributed by atoms with Gasteiger partial charge < -0.3 is 5.32 Å². The van der Waals surface area contributed by atoms with Gasteiger partial charge in [0.05, 0.1) is 11.8 Å². The maximum atomic E-state index is 11.7. The fraction of sp³-hybridized carbons (Fsp3) is 0.385. The monoisotopic (exact) mass is 280 g/mol. The van der Waals surface area contributed by atoms with E-state index in [2.05, 4.69) is 5.32 Å². The lowest BCUT2D eigenvalue weighted by Crippen LogP contribution is -2.25. The molecular weight excluding hydrogens is 264 g/mol. The molecule has 6 heteroatoms. The van der Waals surface area contributed by atoms with Gasteiger partial charge in [0.15, 0.2) is 9.84 Å². The predicted molar refractivity (Wildman–Crippen MR) is 73.4 cm³/mol. The van der Waals surface area contributed by atoms with Gasteiger partial charge in [-0.05, 0) is 25.5 Å². The highest BCUT2D eigenvalue weighted by atomic mass is 32.2. The average Bonchev–Trinajstić information content (AvgIpc) is 2.29. The number of benzene rings is 1. The maximum Gasteiger partial charge on any atom is 0.239 e. The van der Waals surface area contributed by atoms with Gasteiger partial charge in [-0.1, -0.05) is 17.7 Å². The minimum absolute atomic E-state index is 0.0980. The maximum absolute atomic E-state index is 11.7. The van der Waals surface area contributed by atoms with Gasteiger partial charge in [-0.3, -0.25) is 4.79 Å². The van der Waals surface area contributed by atoms with Gasteiger partial charge in [-0.15, -0.1) is 0 Å². The van der Waals surface area contributed by atoms with Crippen molar-refractivity contribution in [2.45, 2.75) is 20.3 Å². The van der Waals surface area contributed by atoms with Gasteiger partial charge in [0.1, 0.15) is 5.75 Å². The molecule has 0 bridgehead atoms. The average molecular weight is 280 g/mol. The molecule has 102 valence electrons. The van der Waals surface area contributed by atoms with Crippen LogP contribution < -0.4 is 5.32 Å². The smallest absolute Gasteiger partial charge is 0.239 e. The molecule has 0 heterocycles. The van der Waals surface area contributed by atoms with E-state index in [1.54, 1.807) is 12.1 Å². The van der Waals surface area contributed by atoms with Crippen LogP contribution in [0, 0.1) is 25.2 Å². The second-order valence-electron chi connectivity index (χ2n) is 4.37. The largest absolute Gasteiger partial charge is 0.325 e. The van der Waals surface area contributed by atoms with Crippen molar-refractivity contribution in [3.8, 4) is 6.07 Å². The van der Waals surface area contributed by atoms with Gasteiger partial charge in [-0.2, -0.15) is 5.26 Å². The molecule has 0 spiro atoms. The van der Waals surface area contributed by atoms with Gasteiger partial charge in [0.25, 0.3) is 0 Å². The zero-order valence-corrected chi connectivity index (χ0v) is 11.8. The molecule has 19 heavy (non-hydrogen) atoms. The van der Waals surface area contributed by atoms with E-state index < -0.39 is 21.5 Å². The summed E-state index contributed by atoms with van der Waals surface area (Å²) >= 11 is 0. The van der Waals surface area contributed by atoms with E-state index in [-0.39, 0.29) is 12.2 Å². The van der Waals surface area contributed by atoms with Crippen LogP contribution in [-0.2, 0) is 14.6 Å². The van der Waals surface area contributed by atoms with Crippen molar-refractivity contribution in [1.82, 2.24) is 0 Å². The van der Waals surface area contributed by atoms with Crippen LogP contribution in [0.3, 0.4) is 0 Å². The van der Waals surface area contributed by atoms with Crippen LogP contribution in [0.1, 0.15) is 17.5 Å². The molecule has 1 rings (SSSR count). The third-order valence-electron chi connectivity index (χ3n) is 2.53. The van der Waals surface area contributed by atoms with Crippen molar-refractivity contribution in [1.29, 1.82) is 5.26 Å². The van der Waals surface area contributed by atoms with Gasteiger partial charge in [0.2, 0.25) is 5.91 Å². The molecule has 0 radical (unpaired) electrons. The lowest BCUT2D eigenvalue weighted by atomic mass is 10.1. The zero-order valence-electron chi connectivity index (χ0n) is 10.9. The molecule has 0 saturated heterocycles. The summed E-state index contributed by atoms with van der Waals surface area (Å²) < 4.78 is 23.0. The summed E-state index contributed by atoms with van der Waals surface area (Å²) in [5, 5.41) is 10.9. The molecule has 0 aliphatic rings. The standard InChI is InChI=1S/C13H16N2O3S/c1-10-4-5-12(11(2)8-10)15-13(16)9-19(17,18)7-3-6-14/h4-5,8H,3,7,9H2,1-2H3,(H,15,16). The Morgan fingerprint density at radius 2 is 2.05 bits per heavy atom. The van der Waals surface area contributed by atoms with Crippen LogP contribution in [0.4, 0.5) is 5.69 Å². The van der Waals surface area contributed by atoms with Crippen molar-refractivity contribution >= 4 is 21.4 Å². The minimum atomic E-state index is -3.52. The lowest BCUT2D eigenvalue weighted by molar-refractivity contribution is -0.113. The number of anilines is 1. The lowest BCUT2D eigenvalue weighted by Gasteiger charge is -2.09. The number of amides is 1. The molecule has 1 aromatic rings. The van der Waals surface area contributed by atoms with Crippen LogP contribution >= 0.6 is 0 Å². The first-order chi connectivity index (χ1) is 8.84. The Bertz CT molecular complexity index is 615. The van der Waals surface area contributed by atoms with Crippen molar-refractivity contribution in [3.63, 3.8) is 0 Å². The molecule has 1 N–H and O–H groups in total. The second kappa shape index (κ2) is 6.34. The summed E-state index contributed by atoms with van der Waals surface area (Å²) in [5.41, 5.74) is 2.55. The zero-order chi connectivity index (χ0) is 14.5. The Morgan fingerprint density at radius 3 is 2.63 bits per heavy atom. The van der Waals surface area contributed by atoms with E-state index in [4.69, 9.17) is 5.26 Å². The molecule has 0 saturated carbocycles. The topological polar surface area (TPSA) is 87.0 Å². The molecule has 0 fully saturated rings. The Morgan fingerprint density at radius 1 is 1.37 bits per heavy atom. The fourth-order valence-electron chi connectivity index (χ4n) is 1.61. The minimum Gasteiger partial charge on any atom is -0.325 e. The molecule has 5 nitrogen and oxygen atoms in total. The van der Waals surface area contributed by atoms with Gasteiger partial charge >= 0.3 is 0 Å². The number of carbonyl (C=O) groups excluding carboxylic acids is 1. The van der Waals surface area contributed by atoms with E-state index in [9.17, 15) is 13.2 Å². The normalized spacial score (nSPS) is 10.8. The number of carbonyl (C=O) groups is 1. The van der Waals surface area contributed by atoms with E-state index in [0.717, 1.165) is 11.1 Å². The Balaban J connectivity index is 2.68. The van der Waals surface area contributed by atoms with E-state index in [0.29, 0.717) is 5.69 Å². The van der Waals surface area contributed by atoms with E-state index >= 15 is 0 Å². The molecule has 0 aliphatic heterocycles. The third kappa shape index (κ3) is 5.10. The third-order valence-corrected chi connectivity index (χ3v) is 4.06. The summed E-state index contributed by atoms with van der Waals surface area (Å²) in [6, 6.07) is 7.23. The summed E-state index contributed by atoms with van der Waals surface area (Å²) in [4.78, 5) is 11.7. The summed E-state index contributed by atoms with van der Waals surface area (Å²) in [6.07, 6.45) is -0.0980. The van der Waals surface area contributed by atoms with Crippen molar-refractivity contribution in [3.05, 3.63) is 29.3 Å². The summed E-state index contributed by atoms with van der Waals surface area (Å²) in [5.74, 6) is -1.46. The number of nitrogens with zero attached hydrogens (tertiary/aromatic N) is 1. The molecule has 1 amide bonds. The Labute approximate surface area is 113 Å². The quantitative estimate of drug-likeness (QED) is 0.886. The molecule has 0 aliphatic carbocycles. The second-order valence-corrected chi connectivity index (χ2v) is 6.55. The SMILES string of the molecule is Cc1ccc(NC(=O)CS(=O)(=O)CCC#N)c(C)c1. The fourth-order valence-corrected chi connectivity index (χ4v) is 2.63. The molecule has 0 unspecified atom stereocenters. The highest BCUT2D eigenvalue weighted by Gasteiger charge is 2.16. The highest BCUT2D eigenvalue weighted by molar-refractivity contribution is 7.92. The molecular formula is C13H16N2O3S. The first-order valence-electron chi connectivity index (χ1n) is 5.78.